The highest BCUT2D eigenvalue weighted by atomic mass is 35.5. The van der Waals surface area contributed by atoms with E-state index in [1.807, 2.05) is 0 Å². The summed E-state index contributed by atoms with van der Waals surface area (Å²) < 4.78 is 29.5. The van der Waals surface area contributed by atoms with Gasteiger partial charge in [-0.15, -0.1) is 0 Å². The predicted octanol–water partition coefficient (Wildman–Crippen LogP) is 2.89. The number of rotatable bonds is 5. The first kappa shape index (κ1) is 17.5. The van der Waals surface area contributed by atoms with E-state index in [0.717, 1.165) is 0 Å². The minimum absolute atomic E-state index is 0.279. The molecule has 1 aromatic carbocycles. The molecule has 1 amide bonds. The summed E-state index contributed by atoms with van der Waals surface area (Å²) in [6, 6.07) is 6.57. The minimum Gasteiger partial charge on any atom is -0.361 e. The largest absolute Gasteiger partial charge is 0.361 e. The van der Waals surface area contributed by atoms with Crippen molar-refractivity contribution < 1.29 is 17.7 Å². The smallest absolute Gasteiger partial charge is 0.242 e. The number of anilines is 1. The van der Waals surface area contributed by atoms with Gasteiger partial charge in [0, 0.05) is 16.8 Å². The molecule has 0 spiro atoms. The molecule has 8 heteroatoms. The number of nitrogens with one attached hydrogen (secondary N) is 1. The maximum atomic E-state index is 12.3. The third kappa shape index (κ3) is 4.11. The minimum atomic E-state index is -3.71. The Morgan fingerprint density at radius 2 is 2.09 bits per heavy atom. The summed E-state index contributed by atoms with van der Waals surface area (Å²) in [4.78, 5) is 12.2. The molecule has 0 aliphatic heterocycles. The predicted molar refractivity (Wildman–Crippen MR) is 88.1 cm³/mol. The topological polar surface area (TPSA) is 89.3 Å². The van der Waals surface area contributed by atoms with Crippen molar-refractivity contribution in [1.29, 1.82) is 0 Å². The summed E-state index contributed by atoms with van der Waals surface area (Å²) >= 11 is 5.99. The lowest BCUT2D eigenvalue weighted by molar-refractivity contribution is -0.115. The molecular weight excluding hydrogens is 340 g/mol. The monoisotopic (exact) mass is 356 g/mol. The summed E-state index contributed by atoms with van der Waals surface area (Å²) in [5.41, 5.74) is 1.45. The molecule has 23 heavy (non-hydrogen) atoms. The van der Waals surface area contributed by atoms with Crippen LogP contribution in [0.25, 0.3) is 0 Å². The normalized spacial score (nSPS) is 12.9. The second-order valence-electron chi connectivity index (χ2n) is 5.28. The number of sulfone groups is 1. The molecule has 1 heterocycles. The highest BCUT2D eigenvalue weighted by Gasteiger charge is 2.29. The maximum absolute atomic E-state index is 12.3. The van der Waals surface area contributed by atoms with Gasteiger partial charge in [-0.05, 0) is 38.5 Å². The number of carbonyl (C=O) groups is 1. The first-order valence-electron chi connectivity index (χ1n) is 6.90. The number of halogens is 1. The van der Waals surface area contributed by atoms with Crippen molar-refractivity contribution in [3.05, 3.63) is 46.3 Å². The maximum Gasteiger partial charge on any atom is 0.242 e. The van der Waals surface area contributed by atoms with E-state index in [2.05, 4.69) is 10.5 Å². The van der Waals surface area contributed by atoms with Crippen LogP contribution in [0.5, 0.6) is 0 Å². The Morgan fingerprint density at radius 3 is 2.70 bits per heavy atom. The molecule has 0 aliphatic rings. The Balaban J connectivity index is 2.13. The number of benzene rings is 1. The first-order chi connectivity index (χ1) is 10.7. The molecule has 2 aromatic rings. The van der Waals surface area contributed by atoms with Crippen LogP contribution in [0, 0.1) is 13.8 Å². The zero-order valence-electron chi connectivity index (χ0n) is 13.0. The van der Waals surface area contributed by atoms with Gasteiger partial charge in [-0.1, -0.05) is 22.8 Å². The first-order valence-corrected chi connectivity index (χ1v) is 9.00. The van der Waals surface area contributed by atoms with Gasteiger partial charge in [0.25, 0.3) is 0 Å². The van der Waals surface area contributed by atoms with E-state index in [1.54, 1.807) is 32.0 Å². The van der Waals surface area contributed by atoms with Crippen LogP contribution in [-0.4, -0.2) is 24.7 Å². The molecule has 124 valence electrons. The van der Waals surface area contributed by atoms with Gasteiger partial charge in [0.1, 0.15) is 11.0 Å². The van der Waals surface area contributed by atoms with Crippen LogP contribution in [0.4, 0.5) is 5.69 Å². The molecule has 0 bridgehead atoms. The van der Waals surface area contributed by atoms with Gasteiger partial charge in [0.2, 0.25) is 5.91 Å². The third-order valence-corrected chi connectivity index (χ3v) is 5.86. The number of aryl methyl sites for hydroxylation is 1. The van der Waals surface area contributed by atoms with Gasteiger partial charge in [0.15, 0.2) is 9.84 Å². The molecule has 6 nitrogen and oxygen atoms in total. The quantitative estimate of drug-likeness (QED) is 0.889. The third-order valence-electron chi connectivity index (χ3n) is 3.46. The Morgan fingerprint density at radius 1 is 1.39 bits per heavy atom. The van der Waals surface area contributed by atoms with Gasteiger partial charge in [-0.2, -0.15) is 0 Å². The number of aromatic nitrogens is 1. The fraction of sp³-hybridized carbons (Fsp3) is 0.333. The lowest BCUT2D eigenvalue weighted by atomic mass is 10.2. The zero-order valence-corrected chi connectivity index (χ0v) is 14.5. The summed E-state index contributed by atoms with van der Waals surface area (Å²) in [5, 5.41) is 5.52. The molecule has 1 N–H and O–H groups in total. The van der Waals surface area contributed by atoms with Crippen molar-refractivity contribution in [2.24, 2.45) is 0 Å². The molecule has 1 unspecified atom stereocenters. The van der Waals surface area contributed by atoms with Crippen molar-refractivity contribution in [2.75, 3.05) is 5.32 Å². The number of carbonyl (C=O) groups excluding carboxylic acids is 1. The number of amides is 1. The molecule has 0 fully saturated rings. The molecule has 0 aliphatic carbocycles. The molecule has 1 atom stereocenters. The number of hydrogen-bond donors (Lipinski definition) is 1. The van der Waals surface area contributed by atoms with Crippen molar-refractivity contribution in [2.45, 2.75) is 31.8 Å². The van der Waals surface area contributed by atoms with Gasteiger partial charge >= 0.3 is 0 Å². The van der Waals surface area contributed by atoms with E-state index in [1.165, 1.54) is 13.0 Å². The Bertz CT molecular complexity index is 830. The van der Waals surface area contributed by atoms with E-state index < -0.39 is 21.0 Å². The van der Waals surface area contributed by atoms with E-state index >= 15 is 0 Å². The highest BCUT2D eigenvalue weighted by Crippen LogP contribution is 2.23. The number of hydrogen-bond acceptors (Lipinski definition) is 5. The summed E-state index contributed by atoms with van der Waals surface area (Å²) in [7, 11) is -3.71. The van der Waals surface area contributed by atoms with Crippen LogP contribution >= 0.6 is 11.6 Å². The standard InChI is InChI=1S/C15H17ClN2O4S/c1-9-7-12(18-22-9)8-23(20,21)11(3)15(19)17-14-6-4-5-13(16)10(14)2/h4-7,11H,8H2,1-3H3,(H,17,19). The molecule has 0 saturated heterocycles. The van der Waals surface area contributed by atoms with Crippen LogP contribution in [-0.2, 0) is 20.4 Å². The van der Waals surface area contributed by atoms with Crippen LogP contribution in [0.1, 0.15) is 23.9 Å². The Labute approximate surface area is 139 Å². The summed E-state index contributed by atoms with van der Waals surface area (Å²) in [6.45, 7) is 4.76. The van der Waals surface area contributed by atoms with Crippen LogP contribution in [0.2, 0.25) is 5.02 Å². The second-order valence-corrected chi connectivity index (χ2v) is 8.01. The SMILES string of the molecule is Cc1cc(CS(=O)(=O)C(C)C(=O)Nc2cccc(Cl)c2C)no1. The Kier molecular flexibility index (Phi) is 5.11. The molecule has 1 aromatic heterocycles. The summed E-state index contributed by atoms with van der Waals surface area (Å²) in [5.74, 6) is -0.453. The van der Waals surface area contributed by atoms with Crippen LogP contribution < -0.4 is 5.32 Å². The van der Waals surface area contributed by atoms with E-state index in [0.29, 0.717) is 22.0 Å². The van der Waals surface area contributed by atoms with Crippen molar-refractivity contribution >= 4 is 33.0 Å². The van der Waals surface area contributed by atoms with E-state index in [9.17, 15) is 13.2 Å². The van der Waals surface area contributed by atoms with Crippen molar-refractivity contribution in [1.82, 2.24) is 5.16 Å². The fourth-order valence-electron chi connectivity index (χ4n) is 1.96. The van der Waals surface area contributed by atoms with Crippen LogP contribution in [0.15, 0.2) is 28.8 Å². The average Bonchev–Trinajstić information content (AvgIpc) is 2.87. The molecule has 0 radical (unpaired) electrons. The van der Waals surface area contributed by atoms with Crippen molar-refractivity contribution in [3.8, 4) is 0 Å². The fourth-order valence-corrected chi connectivity index (χ4v) is 3.32. The highest BCUT2D eigenvalue weighted by molar-refractivity contribution is 7.92. The zero-order chi connectivity index (χ0) is 17.2. The lowest BCUT2D eigenvalue weighted by Crippen LogP contribution is -2.33. The lowest BCUT2D eigenvalue weighted by Gasteiger charge is -2.14. The van der Waals surface area contributed by atoms with E-state index in [-0.39, 0.29) is 11.4 Å². The summed E-state index contributed by atoms with van der Waals surface area (Å²) in [6.07, 6.45) is 0. The molecular formula is C15H17ClN2O4S. The van der Waals surface area contributed by atoms with Gasteiger partial charge in [0.05, 0.1) is 11.4 Å². The number of nitrogens with zero attached hydrogens (tertiary/aromatic N) is 1. The van der Waals surface area contributed by atoms with Crippen molar-refractivity contribution in [3.63, 3.8) is 0 Å². The van der Waals surface area contributed by atoms with Crippen LogP contribution in [0.3, 0.4) is 0 Å². The van der Waals surface area contributed by atoms with E-state index in [4.69, 9.17) is 16.1 Å². The average molecular weight is 357 g/mol. The van der Waals surface area contributed by atoms with Gasteiger partial charge < -0.3 is 9.84 Å². The molecule has 2 rings (SSSR count). The second kappa shape index (κ2) is 6.72. The van der Waals surface area contributed by atoms with Gasteiger partial charge in [-0.25, -0.2) is 8.42 Å². The van der Waals surface area contributed by atoms with Gasteiger partial charge in [-0.3, -0.25) is 4.79 Å². The molecule has 0 saturated carbocycles. The Hall–Kier alpha value is -1.86.